The van der Waals surface area contributed by atoms with Crippen LogP contribution in [0.1, 0.15) is 19.4 Å². The fourth-order valence-corrected chi connectivity index (χ4v) is 1.83. The van der Waals surface area contributed by atoms with Gasteiger partial charge in [-0.1, -0.05) is 13.8 Å². The molecule has 0 bridgehead atoms. The Hall–Kier alpha value is -2.25. The SMILES string of the molecule is CC(C)CNC(N)=NCc1cc2c(cc1OC(F)F)OCO2. The molecule has 1 aliphatic heterocycles. The molecular weight excluding hydrogens is 296 g/mol. The molecule has 3 N–H and O–H groups in total. The first-order valence-corrected chi connectivity index (χ1v) is 6.87. The van der Waals surface area contributed by atoms with Gasteiger partial charge in [-0.15, -0.1) is 0 Å². The highest BCUT2D eigenvalue weighted by atomic mass is 19.3. The lowest BCUT2D eigenvalue weighted by Crippen LogP contribution is -2.34. The number of ether oxygens (including phenoxy) is 3. The second-order valence-electron chi connectivity index (χ2n) is 5.17. The predicted molar refractivity (Wildman–Crippen MR) is 77.4 cm³/mol. The molecule has 0 radical (unpaired) electrons. The zero-order valence-electron chi connectivity index (χ0n) is 12.4. The summed E-state index contributed by atoms with van der Waals surface area (Å²) in [4.78, 5) is 4.12. The Kier molecular flexibility index (Phi) is 5.24. The average molecular weight is 315 g/mol. The third-order valence-electron chi connectivity index (χ3n) is 2.88. The van der Waals surface area contributed by atoms with Crippen LogP contribution in [0.15, 0.2) is 17.1 Å². The van der Waals surface area contributed by atoms with Gasteiger partial charge in [0.15, 0.2) is 17.5 Å². The zero-order chi connectivity index (χ0) is 16.1. The average Bonchev–Trinajstić information content (AvgIpc) is 2.89. The number of nitrogens with one attached hydrogen (secondary N) is 1. The molecule has 1 heterocycles. The van der Waals surface area contributed by atoms with Crippen LogP contribution in [-0.2, 0) is 6.54 Å². The molecule has 0 amide bonds. The number of aliphatic imine (C=N–C) groups is 1. The third kappa shape index (κ3) is 4.37. The number of alkyl halides is 2. The first-order chi connectivity index (χ1) is 10.5. The van der Waals surface area contributed by atoms with Gasteiger partial charge < -0.3 is 25.3 Å². The second kappa shape index (κ2) is 7.15. The topological polar surface area (TPSA) is 78.1 Å². The molecule has 2 rings (SSSR count). The van der Waals surface area contributed by atoms with Gasteiger partial charge in [0.2, 0.25) is 6.79 Å². The van der Waals surface area contributed by atoms with Crippen molar-refractivity contribution >= 4 is 5.96 Å². The smallest absolute Gasteiger partial charge is 0.387 e. The van der Waals surface area contributed by atoms with Crippen molar-refractivity contribution in [1.82, 2.24) is 5.32 Å². The van der Waals surface area contributed by atoms with E-state index in [0.29, 0.717) is 29.5 Å². The second-order valence-corrected chi connectivity index (χ2v) is 5.17. The molecule has 0 atom stereocenters. The molecule has 0 saturated heterocycles. The minimum atomic E-state index is -2.93. The van der Waals surface area contributed by atoms with Crippen molar-refractivity contribution < 1.29 is 23.0 Å². The number of guanidine groups is 1. The molecule has 1 aromatic rings. The normalized spacial score (nSPS) is 13.8. The van der Waals surface area contributed by atoms with E-state index in [2.05, 4.69) is 15.0 Å². The lowest BCUT2D eigenvalue weighted by Gasteiger charge is -2.11. The van der Waals surface area contributed by atoms with Crippen molar-refractivity contribution in [1.29, 1.82) is 0 Å². The van der Waals surface area contributed by atoms with Gasteiger partial charge >= 0.3 is 6.61 Å². The number of fused-ring (bicyclic) bond motifs is 1. The van der Waals surface area contributed by atoms with Crippen LogP contribution in [0.4, 0.5) is 8.78 Å². The molecule has 22 heavy (non-hydrogen) atoms. The zero-order valence-corrected chi connectivity index (χ0v) is 12.4. The number of nitrogens with two attached hydrogens (primary N) is 1. The number of nitrogens with zero attached hydrogens (tertiary/aromatic N) is 1. The molecular formula is C14H19F2N3O3. The van der Waals surface area contributed by atoms with E-state index in [0.717, 1.165) is 0 Å². The molecule has 8 heteroatoms. The van der Waals surface area contributed by atoms with E-state index in [-0.39, 0.29) is 25.0 Å². The summed E-state index contributed by atoms with van der Waals surface area (Å²) in [5.74, 6) is 1.50. The van der Waals surface area contributed by atoms with Crippen molar-refractivity contribution in [2.24, 2.45) is 16.6 Å². The molecule has 0 unspecified atom stereocenters. The van der Waals surface area contributed by atoms with E-state index in [1.165, 1.54) is 6.07 Å². The lowest BCUT2D eigenvalue weighted by molar-refractivity contribution is -0.0504. The van der Waals surface area contributed by atoms with Gasteiger partial charge in [-0.05, 0) is 12.0 Å². The maximum absolute atomic E-state index is 12.5. The van der Waals surface area contributed by atoms with Gasteiger partial charge in [0, 0.05) is 18.2 Å². The van der Waals surface area contributed by atoms with Gasteiger partial charge in [0.1, 0.15) is 5.75 Å². The number of hydrogen-bond donors (Lipinski definition) is 2. The maximum atomic E-state index is 12.5. The Morgan fingerprint density at radius 3 is 2.68 bits per heavy atom. The Labute approximate surface area is 127 Å². The van der Waals surface area contributed by atoms with Crippen molar-refractivity contribution in [3.63, 3.8) is 0 Å². The van der Waals surface area contributed by atoms with Crippen LogP contribution in [0.25, 0.3) is 0 Å². The highest BCUT2D eigenvalue weighted by Gasteiger charge is 2.19. The van der Waals surface area contributed by atoms with Crippen LogP contribution in [0, 0.1) is 5.92 Å². The van der Waals surface area contributed by atoms with E-state index < -0.39 is 6.61 Å². The van der Waals surface area contributed by atoms with E-state index in [1.54, 1.807) is 6.07 Å². The van der Waals surface area contributed by atoms with Crippen LogP contribution < -0.4 is 25.3 Å². The van der Waals surface area contributed by atoms with Crippen LogP contribution in [0.2, 0.25) is 0 Å². The van der Waals surface area contributed by atoms with Crippen molar-refractivity contribution in [3.8, 4) is 17.2 Å². The largest absolute Gasteiger partial charge is 0.454 e. The molecule has 0 aromatic heterocycles. The van der Waals surface area contributed by atoms with Crippen molar-refractivity contribution in [2.45, 2.75) is 27.0 Å². The highest BCUT2D eigenvalue weighted by molar-refractivity contribution is 5.77. The standard InChI is InChI=1S/C14H19F2N3O3/c1-8(2)5-18-14(17)19-6-9-3-11-12(21-7-20-11)4-10(9)22-13(15)16/h3-4,8,13H,5-7H2,1-2H3,(H3,17,18,19). The highest BCUT2D eigenvalue weighted by Crippen LogP contribution is 2.38. The van der Waals surface area contributed by atoms with Gasteiger partial charge in [-0.2, -0.15) is 8.78 Å². The molecule has 0 fully saturated rings. The van der Waals surface area contributed by atoms with E-state index in [4.69, 9.17) is 15.2 Å². The van der Waals surface area contributed by atoms with Crippen LogP contribution in [0.3, 0.4) is 0 Å². The fourth-order valence-electron chi connectivity index (χ4n) is 1.83. The molecule has 0 spiro atoms. The van der Waals surface area contributed by atoms with Gasteiger partial charge in [0.05, 0.1) is 6.54 Å². The Balaban J connectivity index is 2.13. The van der Waals surface area contributed by atoms with Crippen molar-refractivity contribution in [3.05, 3.63) is 17.7 Å². The minimum absolute atomic E-state index is 0.000315. The molecule has 6 nitrogen and oxygen atoms in total. The van der Waals surface area contributed by atoms with E-state index in [1.807, 2.05) is 13.8 Å². The van der Waals surface area contributed by atoms with Crippen molar-refractivity contribution in [2.75, 3.05) is 13.3 Å². The Morgan fingerprint density at radius 1 is 1.36 bits per heavy atom. The first-order valence-electron chi connectivity index (χ1n) is 6.87. The number of halogens is 2. The first kappa shape index (κ1) is 16.1. The maximum Gasteiger partial charge on any atom is 0.387 e. The quantitative estimate of drug-likeness (QED) is 0.621. The fraction of sp³-hybridized carbons (Fsp3) is 0.500. The summed E-state index contributed by atoms with van der Waals surface area (Å²) in [7, 11) is 0. The van der Waals surface area contributed by atoms with Gasteiger partial charge in [0.25, 0.3) is 0 Å². The van der Waals surface area contributed by atoms with E-state index >= 15 is 0 Å². The predicted octanol–water partition coefficient (Wildman–Crippen LogP) is 2.08. The summed E-state index contributed by atoms with van der Waals surface area (Å²) in [6, 6.07) is 2.94. The summed E-state index contributed by atoms with van der Waals surface area (Å²) in [6.07, 6.45) is 0. The lowest BCUT2D eigenvalue weighted by atomic mass is 10.1. The molecule has 0 saturated carbocycles. The summed E-state index contributed by atoms with van der Waals surface area (Å²) < 4.78 is 39.9. The van der Waals surface area contributed by atoms with Gasteiger partial charge in [-0.25, -0.2) is 4.99 Å². The van der Waals surface area contributed by atoms with Crippen LogP contribution >= 0.6 is 0 Å². The molecule has 0 aliphatic carbocycles. The van der Waals surface area contributed by atoms with Crippen LogP contribution in [-0.4, -0.2) is 25.9 Å². The summed E-state index contributed by atoms with van der Waals surface area (Å²) in [5, 5.41) is 2.95. The van der Waals surface area contributed by atoms with E-state index in [9.17, 15) is 8.78 Å². The third-order valence-corrected chi connectivity index (χ3v) is 2.88. The minimum Gasteiger partial charge on any atom is -0.454 e. The molecule has 1 aliphatic rings. The molecule has 1 aromatic carbocycles. The summed E-state index contributed by atoms with van der Waals surface area (Å²) in [5.41, 5.74) is 6.17. The number of hydrogen-bond acceptors (Lipinski definition) is 4. The summed E-state index contributed by atoms with van der Waals surface area (Å²) in [6.45, 7) is 1.96. The summed E-state index contributed by atoms with van der Waals surface area (Å²) >= 11 is 0. The van der Waals surface area contributed by atoms with Gasteiger partial charge in [-0.3, -0.25) is 0 Å². The monoisotopic (exact) mass is 315 g/mol. The Bertz CT molecular complexity index is 550. The molecule has 122 valence electrons. The Morgan fingerprint density at radius 2 is 2.05 bits per heavy atom. The van der Waals surface area contributed by atoms with Crippen LogP contribution in [0.5, 0.6) is 17.2 Å². The number of rotatable bonds is 6. The number of benzene rings is 1.